The number of rotatable bonds is 12. The molecule has 0 saturated heterocycles. The first-order valence-corrected chi connectivity index (χ1v) is 7.89. The number of nitrogens with zero attached hydrogens (tertiary/aromatic N) is 1. The Balaban J connectivity index is 3.66. The molecule has 1 amide bonds. The summed E-state index contributed by atoms with van der Waals surface area (Å²) in [4.78, 5) is 11.8. The van der Waals surface area contributed by atoms with Gasteiger partial charge in [0, 0.05) is 6.54 Å². The van der Waals surface area contributed by atoms with Gasteiger partial charge >= 0.3 is 0 Å². The summed E-state index contributed by atoms with van der Waals surface area (Å²) in [6, 6.07) is -0.544. The number of nitrogens with two attached hydrogens (primary N) is 1. The number of hydrogen-bond donors (Lipinski definition) is 2. The fraction of sp³-hybridized carbons (Fsp3) is 0.933. The van der Waals surface area contributed by atoms with Gasteiger partial charge in [0.2, 0.25) is 0 Å². The topological polar surface area (TPSA) is 66.6 Å². The van der Waals surface area contributed by atoms with Gasteiger partial charge in [0.15, 0.2) is 0 Å². The molecule has 0 aliphatic carbocycles. The number of hydroxylamine groups is 2. The lowest BCUT2D eigenvalue weighted by Gasteiger charge is -2.19. The summed E-state index contributed by atoms with van der Waals surface area (Å²) in [7, 11) is 0. The second-order valence-corrected chi connectivity index (χ2v) is 5.33. The quantitative estimate of drug-likeness (QED) is 0.325. The second-order valence-electron chi connectivity index (χ2n) is 5.33. The van der Waals surface area contributed by atoms with E-state index < -0.39 is 6.04 Å². The molecule has 0 fully saturated rings. The zero-order valence-corrected chi connectivity index (χ0v) is 12.7. The van der Waals surface area contributed by atoms with Crippen molar-refractivity contribution in [1.82, 2.24) is 5.06 Å². The summed E-state index contributed by atoms with van der Waals surface area (Å²) in [6.45, 7) is 4.73. The van der Waals surface area contributed by atoms with E-state index in [0.717, 1.165) is 30.7 Å². The van der Waals surface area contributed by atoms with Crippen LogP contribution in [0.3, 0.4) is 0 Å². The van der Waals surface area contributed by atoms with Gasteiger partial charge in [-0.05, 0) is 12.8 Å². The molecule has 0 radical (unpaired) electrons. The van der Waals surface area contributed by atoms with Crippen LogP contribution in [0, 0.1) is 0 Å². The van der Waals surface area contributed by atoms with Gasteiger partial charge < -0.3 is 5.73 Å². The Bertz CT molecular complexity index is 222. The lowest BCUT2D eigenvalue weighted by atomic mass is 10.1. The number of unbranched alkanes of at least 4 members (excludes halogenated alkanes) is 7. The first-order valence-electron chi connectivity index (χ1n) is 7.89. The van der Waals surface area contributed by atoms with Gasteiger partial charge in [0.05, 0.1) is 6.04 Å². The van der Waals surface area contributed by atoms with Gasteiger partial charge in [-0.2, -0.15) is 0 Å². The van der Waals surface area contributed by atoms with Gasteiger partial charge in [-0.3, -0.25) is 10.0 Å². The monoisotopic (exact) mass is 272 g/mol. The zero-order chi connectivity index (χ0) is 14.5. The standard InChI is InChI=1S/C15H32N2O2/c1-3-5-7-9-11-13-17(19)15(18)14(16)12-10-8-6-4-2/h14,19H,3-13,16H2,1-2H3/t14-/m0/s1. The van der Waals surface area contributed by atoms with E-state index in [-0.39, 0.29) is 5.91 Å². The Morgan fingerprint density at radius 3 is 2.11 bits per heavy atom. The smallest absolute Gasteiger partial charge is 0.262 e. The Morgan fingerprint density at radius 1 is 1.00 bits per heavy atom. The molecule has 0 aromatic carbocycles. The number of carbonyl (C=O) groups is 1. The highest BCUT2D eigenvalue weighted by molar-refractivity contribution is 5.80. The van der Waals surface area contributed by atoms with Gasteiger partial charge in [0.1, 0.15) is 0 Å². The lowest BCUT2D eigenvalue weighted by Crippen LogP contribution is -2.42. The van der Waals surface area contributed by atoms with E-state index >= 15 is 0 Å². The summed E-state index contributed by atoms with van der Waals surface area (Å²) in [6.07, 6.45) is 10.6. The predicted octanol–water partition coefficient (Wildman–Crippen LogP) is 3.47. The normalized spacial score (nSPS) is 12.4. The van der Waals surface area contributed by atoms with Gasteiger partial charge in [0.25, 0.3) is 5.91 Å². The minimum absolute atomic E-state index is 0.327. The van der Waals surface area contributed by atoms with E-state index in [2.05, 4.69) is 13.8 Å². The zero-order valence-electron chi connectivity index (χ0n) is 12.7. The maximum absolute atomic E-state index is 11.8. The number of amides is 1. The van der Waals surface area contributed by atoms with Crippen molar-refractivity contribution in [2.75, 3.05) is 6.54 Å². The summed E-state index contributed by atoms with van der Waals surface area (Å²) < 4.78 is 0. The van der Waals surface area contributed by atoms with Crippen LogP contribution < -0.4 is 5.73 Å². The molecule has 0 saturated carbocycles. The Morgan fingerprint density at radius 2 is 1.53 bits per heavy atom. The molecule has 4 heteroatoms. The third-order valence-electron chi connectivity index (χ3n) is 3.41. The van der Waals surface area contributed by atoms with Crippen LogP contribution >= 0.6 is 0 Å². The minimum Gasteiger partial charge on any atom is -0.320 e. The van der Waals surface area contributed by atoms with Gasteiger partial charge in [-0.1, -0.05) is 65.2 Å². The largest absolute Gasteiger partial charge is 0.320 e. The van der Waals surface area contributed by atoms with Crippen LogP contribution in [0.5, 0.6) is 0 Å². The minimum atomic E-state index is -0.544. The third-order valence-corrected chi connectivity index (χ3v) is 3.41. The molecule has 1 atom stereocenters. The fourth-order valence-corrected chi connectivity index (χ4v) is 2.08. The molecule has 3 N–H and O–H groups in total. The summed E-state index contributed by atoms with van der Waals surface area (Å²) >= 11 is 0. The van der Waals surface area contributed by atoms with Gasteiger partial charge in [-0.25, -0.2) is 5.06 Å². The van der Waals surface area contributed by atoms with Crippen LogP contribution in [-0.4, -0.2) is 28.8 Å². The van der Waals surface area contributed by atoms with Crippen molar-refractivity contribution >= 4 is 5.91 Å². The molecule has 0 bridgehead atoms. The van der Waals surface area contributed by atoms with Crippen molar-refractivity contribution in [3.63, 3.8) is 0 Å². The van der Waals surface area contributed by atoms with Crippen LogP contribution in [0.4, 0.5) is 0 Å². The fourth-order valence-electron chi connectivity index (χ4n) is 2.08. The molecule has 0 aromatic heterocycles. The number of hydrogen-bond acceptors (Lipinski definition) is 3. The first kappa shape index (κ1) is 18.4. The molecule has 0 aliphatic heterocycles. The van der Waals surface area contributed by atoms with Crippen molar-refractivity contribution in [1.29, 1.82) is 0 Å². The Hall–Kier alpha value is -0.610. The molecule has 0 aromatic rings. The molecule has 19 heavy (non-hydrogen) atoms. The number of carbonyl (C=O) groups excluding carboxylic acids is 1. The average molecular weight is 272 g/mol. The third kappa shape index (κ3) is 9.91. The first-order chi connectivity index (χ1) is 9.13. The molecule has 0 spiro atoms. The van der Waals surface area contributed by atoms with Crippen LogP contribution in [-0.2, 0) is 4.79 Å². The average Bonchev–Trinajstić information content (AvgIpc) is 2.42. The molecule has 0 heterocycles. The van der Waals surface area contributed by atoms with E-state index in [1.807, 2.05) is 0 Å². The van der Waals surface area contributed by atoms with E-state index in [1.54, 1.807) is 0 Å². The van der Waals surface area contributed by atoms with Crippen LogP contribution in [0.2, 0.25) is 0 Å². The summed E-state index contributed by atoms with van der Waals surface area (Å²) in [5.41, 5.74) is 5.80. The van der Waals surface area contributed by atoms with Crippen molar-refractivity contribution in [2.24, 2.45) is 5.73 Å². The van der Waals surface area contributed by atoms with Crippen LogP contribution in [0.1, 0.15) is 78.1 Å². The van der Waals surface area contributed by atoms with Crippen LogP contribution in [0.15, 0.2) is 0 Å². The predicted molar refractivity (Wildman–Crippen MR) is 79.0 cm³/mol. The van der Waals surface area contributed by atoms with Crippen molar-refractivity contribution in [3.05, 3.63) is 0 Å². The van der Waals surface area contributed by atoms with E-state index in [4.69, 9.17) is 5.73 Å². The molecular weight excluding hydrogens is 240 g/mol. The maximum atomic E-state index is 11.8. The van der Waals surface area contributed by atoms with Crippen molar-refractivity contribution in [2.45, 2.75) is 84.1 Å². The Kier molecular flexibility index (Phi) is 12.0. The van der Waals surface area contributed by atoms with Crippen molar-refractivity contribution in [3.8, 4) is 0 Å². The molecule has 0 rings (SSSR count). The lowest BCUT2D eigenvalue weighted by molar-refractivity contribution is -0.167. The van der Waals surface area contributed by atoms with Crippen molar-refractivity contribution < 1.29 is 10.0 Å². The van der Waals surface area contributed by atoms with Crippen LogP contribution in [0.25, 0.3) is 0 Å². The molecule has 0 aliphatic rings. The molecule has 114 valence electrons. The highest BCUT2D eigenvalue weighted by Gasteiger charge is 2.18. The highest BCUT2D eigenvalue weighted by Crippen LogP contribution is 2.07. The molecular formula is C15H32N2O2. The van der Waals surface area contributed by atoms with E-state index in [9.17, 15) is 10.0 Å². The van der Waals surface area contributed by atoms with E-state index in [0.29, 0.717) is 13.0 Å². The summed E-state index contributed by atoms with van der Waals surface area (Å²) in [5, 5.41) is 10.5. The Labute approximate surface area is 118 Å². The second kappa shape index (κ2) is 12.4. The summed E-state index contributed by atoms with van der Waals surface area (Å²) in [5.74, 6) is -0.327. The van der Waals surface area contributed by atoms with E-state index in [1.165, 1.54) is 32.1 Å². The molecule has 4 nitrogen and oxygen atoms in total. The maximum Gasteiger partial charge on any atom is 0.262 e. The van der Waals surface area contributed by atoms with Gasteiger partial charge in [-0.15, -0.1) is 0 Å². The molecule has 0 unspecified atom stereocenters. The highest BCUT2D eigenvalue weighted by atomic mass is 16.5. The SMILES string of the molecule is CCCCCCCN(O)C(=O)[C@@H](N)CCCCCC.